The maximum absolute atomic E-state index is 13.8. The Balaban J connectivity index is 2.11. The maximum atomic E-state index is 13.8. The molecule has 2 aromatic heterocycles. The Morgan fingerprint density at radius 2 is 2.17 bits per heavy atom. The second-order valence-electron chi connectivity index (χ2n) is 4.36. The summed E-state index contributed by atoms with van der Waals surface area (Å²) in [6.07, 6.45) is 5.69. The quantitative estimate of drug-likeness (QED) is 0.742. The van der Waals surface area contributed by atoms with Crippen LogP contribution in [-0.4, -0.2) is 15.0 Å². The minimum Gasteiger partial charge on any atom is -0.260 e. The lowest BCUT2D eigenvalue weighted by Gasteiger charge is -2.23. The summed E-state index contributed by atoms with van der Waals surface area (Å²) in [5.74, 6) is -0.529. The van der Waals surface area contributed by atoms with Gasteiger partial charge in [-0.05, 0) is 42.5 Å². The van der Waals surface area contributed by atoms with Crippen LogP contribution in [0.5, 0.6) is 0 Å². The molecule has 0 fully saturated rings. The Labute approximate surface area is 109 Å². The van der Waals surface area contributed by atoms with Crippen molar-refractivity contribution < 1.29 is 4.39 Å². The van der Waals surface area contributed by atoms with Crippen molar-refractivity contribution in [3.63, 3.8) is 0 Å². The van der Waals surface area contributed by atoms with E-state index in [4.69, 9.17) is 11.6 Å². The SMILES string of the molecule is Fc1cnc(Cl)nc1C1CCCc2cccnc21. The summed E-state index contributed by atoms with van der Waals surface area (Å²) in [6, 6.07) is 3.94. The molecule has 0 saturated carbocycles. The molecule has 0 N–H and O–H groups in total. The van der Waals surface area contributed by atoms with Crippen LogP contribution in [0.25, 0.3) is 0 Å². The highest BCUT2D eigenvalue weighted by molar-refractivity contribution is 6.28. The molecule has 1 aliphatic carbocycles. The average molecular weight is 264 g/mol. The van der Waals surface area contributed by atoms with Crippen molar-refractivity contribution in [3.05, 3.63) is 52.6 Å². The van der Waals surface area contributed by atoms with E-state index in [0.29, 0.717) is 5.69 Å². The van der Waals surface area contributed by atoms with Crippen LogP contribution in [0.3, 0.4) is 0 Å². The van der Waals surface area contributed by atoms with Crippen LogP contribution in [0, 0.1) is 5.82 Å². The minimum atomic E-state index is -0.414. The average Bonchev–Trinajstić information content (AvgIpc) is 2.41. The van der Waals surface area contributed by atoms with E-state index >= 15 is 0 Å². The molecule has 1 aliphatic rings. The summed E-state index contributed by atoms with van der Waals surface area (Å²) in [5.41, 5.74) is 2.44. The molecular weight excluding hydrogens is 253 g/mol. The van der Waals surface area contributed by atoms with Gasteiger partial charge in [-0.3, -0.25) is 4.98 Å². The van der Waals surface area contributed by atoms with E-state index in [-0.39, 0.29) is 11.2 Å². The number of fused-ring (bicyclic) bond motifs is 1. The minimum absolute atomic E-state index is 0.0782. The molecule has 3 nitrogen and oxygen atoms in total. The summed E-state index contributed by atoms with van der Waals surface area (Å²) in [5, 5.41) is 0.0782. The summed E-state index contributed by atoms with van der Waals surface area (Å²) in [6.45, 7) is 0. The van der Waals surface area contributed by atoms with Gasteiger partial charge in [-0.1, -0.05) is 6.07 Å². The Morgan fingerprint density at radius 1 is 1.28 bits per heavy atom. The van der Waals surface area contributed by atoms with Gasteiger partial charge in [0, 0.05) is 12.1 Å². The first-order chi connectivity index (χ1) is 8.75. The van der Waals surface area contributed by atoms with Crippen LogP contribution in [0.15, 0.2) is 24.5 Å². The predicted molar refractivity (Wildman–Crippen MR) is 66.0 cm³/mol. The number of halogens is 2. The number of hydrogen-bond donors (Lipinski definition) is 0. The van der Waals surface area contributed by atoms with Gasteiger partial charge in [-0.25, -0.2) is 14.4 Å². The first-order valence-electron chi connectivity index (χ1n) is 5.87. The number of rotatable bonds is 1. The lowest BCUT2D eigenvalue weighted by molar-refractivity contribution is 0.530. The van der Waals surface area contributed by atoms with Crippen molar-refractivity contribution in [2.75, 3.05) is 0 Å². The first kappa shape index (κ1) is 11.5. The van der Waals surface area contributed by atoms with E-state index in [0.717, 1.165) is 31.2 Å². The summed E-state index contributed by atoms with van der Waals surface area (Å²) >= 11 is 5.75. The van der Waals surface area contributed by atoms with E-state index in [1.165, 1.54) is 5.56 Å². The fraction of sp³-hybridized carbons (Fsp3) is 0.308. The third kappa shape index (κ3) is 1.97. The Bertz CT molecular complexity index is 588. The molecule has 0 bridgehead atoms. The zero-order chi connectivity index (χ0) is 12.5. The summed E-state index contributed by atoms with van der Waals surface area (Å²) < 4.78 is 13.8. The zero-order valence-corrected chi connectivity index (χ0v) is 10.4. The van der Waals surface area contributed by atoms with Crippen molar-refractivity contribution in [3.8, 4) is 0 Å². The fourth-order valence-corrected chi connectivity index (χ4v) is 2.62. The van der Waals surface area contributed by atoms with E-state index < -0.39 is 5.82 Å². The van der Waals surface area contributed by atoms with Crippen LogP contribution >= 0.6 is 11.6 Å². The zero-order valence-electron chi connectivity index (χ0n) is 9.61. The smallest absolute Gasteiger partial charge is 0.222 e. The van der Waals surface area contributed by atoms with E-state index in [1.54, 1.807) is 6.20 Å². The van der Waals surface area contributed by atoms with Gasteiger partial charge in [-0.15, -0.1) is 0 Å². The first-order valence-corrected chi connectivity index (χ1v) is 6.25. The molecule has 2 aromatic rings. The Kier molecular flexibility index (Phi) is 2.96. The van der Waals surface area contributed by atoms with Crippen LogP contribution in [-0.2, 0) is 6.42 Å². The van der Waals surface area contributed by atoms with Gasteiger partial charge in [0.25, 0.3) is 0 Å². The molecule has 5 heteroatoms. The topological polar surface area (TPSA) is 38.7 Å². The van der Waals surface area contributed by atoms with Gasteiger partial charge in [-0.2, -0.15) is 0 Å². The number of hydrogen-bond acceptors (Lipinski definition) is 3. The molecular formula is C13H11ClFN3. The van der Waals surface area contributed by atoms with Crippen LogP contribution in [0.4, 0.5) is 4.39 Å². The second-order valence-corrected chi connectivity index (χ2v) is 4.70. The molecule has 0 aromatic carbocycles. The molecule has 0 amide bonds. The summed E-state index contributed by atoms with van der Waals surface area (Å²) in [4.78, 5) is 12.1. The highest BCUT2D eigenvalue weighted by Crippen LogP contribution is 2.35. The van der Waals surface area contributed by atoms with Crippen LogP contribution in [0.1, 0.15) is 35.7 Å². The van der Waals surface area contributed by atoms with Crippen molar-refractivity contribution >= 4 is 11.6 Å². The molecule has 0 spiro atoms. The van der Waals surface area contributed by atoms with E-state index in [9.17, 15) is 4.39 Å². The molecule has 3 rings (SSSR count). The molecule has 0 saturated heterocycles. The highest BCUT2D eigenvalue weighted by atomic mass is 35.5. The molecule has 18 heavy (non-hydrogen) atoms. The maximum Gasteiger partial charge on any atom is 0.222 e. The van der Waals surface area contributed by atoms with Gasteiger partial charge in [0.15, 0.2) is 5.82 Å². The van der Waals surface area contributed by atoms with Crippen molar-refractivity contribution in [2.24, 2.45) is 0 Å². The third-order valence-corrected chi connectivity index (χ3v) is 3.45. The number of pyridine rings is 1. The van der Waals surface area contributed by atoms with Crippen molar-refractivity contribution in [2.45, 2.75) is 25.2 Å². The number of nitrogens with zero attached hydrogens (tertiary/aromatic N) is 3. The summed E-state index contributed by atoms with van der Waals surface area (Å²) in [7, 11) is 0. The van der Waals surface area contributed by atoms with Gasteiger partial charge >= 0.3 is 0 Å². The molecule has 1 atom stereocenters. The number of aromatic nitrogens is 3. The monoisotopic (exact) mass is 263 g/mol. The highest BCUT2D eigenvalue weighted by Gasteiger charge is 2.26. The lowest BCUT2D eigenvalue weighted by Crippen LogP contribution is -2.15. The van der Waals surface area contributed by atoms with Gasteiger partial charge < -0.3 is 0 Å². The van der Waals surface area contributed by atoms with Crippen LogP contribution < -0.4 is 0 Å². The van der Waals surface area contributed by atoms with Gasteiger partial charge in [0.05, 0.1) is 17.6 Å². The van der Waals surface area contributed by atoms with Crippen molar-refractivity contribution in [1.29, 1.82) is 0 Å². The second kappa shape index (κ2) is 4.61. The molecule has 2 heterocycles. The molecule has 0 radical (unpaired) electrons. The molecule has 0 aliphatic heterocycles. The predicted octanol–water partition coefficient (Wildman–Crippen LogP) is 3.13. The molecule has 1 unspecified atom stereocenters. The van der Waals surface area contributed by atoms with Crippen LogP contribution in [0.2, 0.25) is 5.28 Å². The van der Waals surface area contributed by atoms with Gasteiger partial charge in [0.1, 0.15) is 0 Å². The standard InChI is InChI=1S/C13H11ClFN3/c14-13-17-7-10(15)12(18-13)9-5-1-3-8-4-2-6-16-11(8)9/h2,4,6-7,9H,1,3,5H2. The third-order valence-electron chi connectivity index (χ3n) is 3.27. The lowest BCUT2D eigenvalue weighted by atomic mass is 9.84. The fourth-order valence-electron chi connectivity index (χ4n) is 2.48. The van der Waals surface area contributed by atoms with Gasteiger partial charge in [0.2, 0.25) is 5.28 Å². The number of aryl methyl sites for hydroxylation is 1. The molecule has 92 valence electrons. The largest absolute Gasteiger partial charge is 0.260 e. The Hall–Kier alpha value is -1.55. The Morgan fingerprint density at radius 3 is 3.06 bits per heavy atom. The van der Waals surface area contributed by atoms with E-state index in [1.807, 2.05) is 12.1 Å². The van der Waals surface area contributed by atoms with Crippen molar-refractivity contribution in [1.82, 2.24) is 15.0 Å². The van der Waals surface area contributed by atoms with E-state index in [2.05, 4.69) is 15.0 Å². The normalized spacial score (nSPS) is 18.4.